The molecule has 0 radical (unpaired) electrons. The first kappa shape index (κ1) is 62.3. The van der Waals surface area contributed by atoms with Gasteiger partial charge >= 0.3 is 8.60 Å². The van der Waals surface area contributed by atoms with Gasteiger partial charge in [-0.1, -0.05) is 373 Å². The van der Waals surface area contributed by atoms with Crippen molar-refractivity contribution in [3.05, 3.63) is 305 Å². The highest BCUT2D eigenvalue weighted by Crippen LogP contribution is 2.56. The molecule has 0 aliphatic rings. The fourth-order valence-electron chi connectivity index (χ4n) is 13.5. The fourth-order valence-corrected chi connectivity index (χ4v) is 14.6. The molecule has 0 aromatic heterocycles. The lowest BCUT2D eigenvalue weighted by Crippen LogP contribution is -2.31. The summed E-state index contributed by atoms with van der Waals surface area (Å²) in [5.74, 6) is 2.24. The molecule has 0 saturated carbocycles. The molecule has 4 heteroatoms. The summed E-state index contributed by atoms with van der Waals surface area (Å²) in [5, 5.41) is 0. The summed E-state index contributed by atoms with van der Waals surface area (Å²) in [7, 11) is -2.26. The minimum absolute atomic E-state index is 0.555. The van der Waals surface area contributed by atoms with E-state index in [0.29, 0.717) is 0 Å². The van der Waals surface area contributed by atoms with Crippen LogP contribution in [0.2, 0.25) is 0 Å². The van der Waals surface area contributed by atoms with Crippen LogP contribution in [0.3, 0.4) is 0 Å². The number of hydrogen-bond acceptors (Lipinski definition) is 3. The van der Waals surface area contributed by atoms with Gasteiger partial charge in [0.05, 0.1) is 0 Å². The molecule has 0 aliphatic heterocycles. The summed E-state index contributed by atoms with van der Waals surface area (Å²) in [4.78, 5) is 0. The van der Waals surface area contributed by atoms with Crippen molar-refractivity contribution >= 4 is 8.60 Å². The van der Waals surface area contributed by atoms with Gasteiger partial charge in [-0.05, 0) is 70.8 Å². The highest BCUT2D eigenvalue weighted by Gasteiger charge is 2.43. The summed E-state index contributed by atoms with van der Waals surface area (Å²) < 4.78 is 23.4. The van der Waals surface area contributed by atoms with E-state index in [9.17, 15) is 0 Å². The molecule has 9 aromatic carbocycles. The lowest BCUT2D eigenvalue weighted by Gasteiger charge is -2.39. The number of para-hydroxylation sites is 3. The normalized spacial score (nSPS) is 11.9. The maximum atomic E-state index is 7.81. The smallest absolute Gasteiger partial charge is 0.408 e. The molecule has 0 fully saturated rings. The molecule has 0 spiro atoms. The number of benzene rings is 9. The van der Waals surface area contributed by atoms with Crippen LogP contribution in [0, 0.1) is 0 Å². The van der Waals surface area contributed by atoms with Gasteiger partial charge in [-0.25, -0.2) is 0 Å². The van der Waals surface area contributed by atoms with Gasteiger partial charge in [0.15, 0.2) is 0 Å². The van der Waals surface area contributed by atoms with Gasteiger partial charge in [0.2, 0.25) is 0 Å². The van der Waals surface area contributed by atoms with E-state index >= 15 is 0 Å². The lowest BCUT2D eigenvalue weighted by molar-refractivity contribution is 0.370. The van der Waals surface area contributed by atoms with Crippen molar-refractivity contribution in [3.63, 3.8) is 0 Å². The molecule has 0 bridgehead atoms. The maximum Gasteiger partial charge on any atom is 0.530 e. The summed E-state index contributed by atoms with van der Waals surface area (Å²) >= 11 is 0. The van der Waals surface area contributed by atoms with Crippen molar-refractivity contribution in [1.82, 2.24) is 0 Å². The molecule has 0 amide bonds. The van der Waals surface area contributed by atoms with Gasteiger partial charge in [-0.2, -0.15) is 0 Å². The first-order valence-corrected chi connectivity index (χ1v) is 33.6. The molecular formula is C81H93O3P. The zero-order valence-electron chi connectivity index (χ0n) is 51.3. The Balaban J connectivity index is 1.24. The molecule has 9 rings (SSSR count). The van der Waals surface area contributed by atoms with E-state index in [1.807, 2.05) is 0 Å². The number of unbranched alkanes of at least 4 members (excludes halogenated alkanes) is 15. The molecule has 9 aromatic rings. The Labute approximate surface area is 513 Å². The molecule has 0 heterocycles. The van der Waals surface area contributed by atoms with Crippen LogP contribution in [0.1, 0.15) is 206 Å². The Kier molecular flexibility index (Phi) is 24.1. The highest BCUT2D eigenvalue weighted by atomic mass is 31.2. The van der Waals surface area contributed by atoms with E-state index in [4.69, 9.17) is 13.6 Å². The summed E-state index contributed by atoms with van der Waals surface area (Å²) in [6.45, 7) is 6.89. The lowest BCUT2D eigenvalue weighted by atomic mass is 9.66. The second-order valence-electron chi connectivity index (χ2n) is 23.5. The largest absolute Gasteiger partial charge is 0.530 e. The second kappa shape index (κ2) is 32.9. The zero-order chi connectivity index (χ0) is 58.7. The van der Waals surface area contributed by atoms with Gasteiger partial charge < -0.3 is 13.6 Å². The Bertz CT molecular complexity index is 2800. The summed E-state index contributed by atoms with van der Waals surface area (Å²) in [6, 6.07) is 93.2. The Hall–Kier alpha value is -7.19. The van der Waals surface area contributed by atoms with Crippen LogP contribution >= 0.6 is 8.60 Å². The third-order valence-corrected chi connectivity index (χ3v) is 18.9. The van der Waals surface area contributed by atoms with Crippen molar-refractivity contribution in [2.75, 3.05) is 0 Å². The average molecular weight is 1150 g/mol. The quantitative estimate of drug-likeness (QED) is 0.0223. The van der Waals surface area contributed by atoms with E-state index in [2.05, 4.69) is 276 Å². The molecule has 0 atom stereocenters. The van der Waals surface area contributed by atoms with E-state index in [1.54, 1.807) is 0 Å². The average Bonchev–Trinajstić information content (AvgIpc) is 1.32. The van der Waals surface area contributed by atoms with Crippen LogP contribution in [-0.4, -0.2) is 0 Å². The third kappa shape index (κ3) is 15.4. The van der Waals surface area contributed by atoms with Crippen LogP contribution in [0.25, 0.3) is 0 Å². The van der Waals surface area contributed by atoms with Crippen LogP contribution in [0.4, 0.5) is 0 Å². The summed E-state index contributed by atoms with van der Waals surface area (Å²) in [6.07, 6.45) is 24.3. The van der Waals surface area contributed by atoms with Gasteiger partial charge in [-0.15, -0.1) is 0 Å². The monoisotopic (exact) mass is 1140 g/mol. The number of rotatable bonds is 36. The first-order chi connectivity index (χ1) is 42.1. The van der Waals surface area contributed by atoms with E-state index in [1.165, 1.54) is 110 Å². The third-order valence-electron chi connectivity index (χ3n) is 17.9. The molecule has 3 nitrogen and oxygen atoms in total. The van der Waals surface area contributed by atoms with Gasteiger partial charge in [0, 0.05) is 32.9 Å². The van der Waals surface area contributed by atoms with E-state index in [0.717, 1.165) is 91.7 Å². The van der Waals surface area contributed by atoms with Crippen molar-refractivity contribution in [2.45, 2.75) is 172 Å². The minimum Gasteiger partial charge on any atom is -0.408 e. The van der Waals surface area contributed by atoms with Gasteiger partial charge in [-0.3, -0.25) is 0 Å². The van der Waals surface area contributed by atoms with E-state index in [-0.39, 0.29) is 0 Å². The topological polar surface area (TPSA) is 27.7 Å². The van der Waals surface area contributed by atoms with Crippen molar-refractivity contribution in [1.29, 1.82) is 0 Å². The molecule has 0 N–H and O–H groups in total. The van der Waals surface area contributed by atoms with Gasteiger partial charge in [0.1, 0.15) is 17.2 Å². The molecule has 440 valence electrons. The predicted octanol–water partition coefficient (Wildman–Crippen LogP) is 23.7. The standard InChI is InChI=1S/C81H93O3P/c1-4-7-10-13-16-43-64-79(67-46-25-19-26-47-67,68-48-27-20-28-49-68)73-58-37-40-61-76(73)82-85(83-77-62-41-38-59-74(77)80(69-50-29-21-30-51-69,70-52-31-22-32-53-70)65-44-17-14-11-8-5-2)84-78-63-42-39-60-75(78)81(71-54-33-23-34-55-71,72-56-35-24-36-57-72)66-45-18-15-12-9-6-3/h19-42,46-63H,4-18,43-45,64-66H2,1-3H3. The van der Waals surface area contributed by atoms with E-state index < -0.39 is 24.8 Å². The second-order valence-corrected chi connectivity index (χ2v) is 24.4. The Morgan fingerprint density at radius 2 is 0.412 bits per heavy atom. The molecular weight excluding hydrogens is 1050 g/mol. The highest BCUT2D eigenvalue weighted by molar-refractivity contribution is 7.43. The molecule has 0 aliphatic carbocycles. The maximum absolute atomic E-state index is 7.81. The van der Waals surface area contributed by atoms with Crippen molar-refractivity contribution < 1.29 is 13.6 Å². The SMILES string of the molecule is CCCCCCCCC(c1ccccc1)(c1ccccc1)c1ccccc1OP(Oc1ccccc1C(CCCCCCCC)(c1ccccc1)c1ccccc1)Oc1ccccc1C(CCCCCCCC)(c1ccccc1)c1ccccc1. The van der Waals surface area contributed by atoms with Crippen molar-refractivity contribution in [2.24, 2.45) is 0 Å². The Morgan fingerprint density at radius 3 is 0.635 bits per heavy atom. The molecule has 0 unspecified atom stereocenters. The number of hydrogen-bond donors (Lipinski definition) is 0. The Morgan fingerprint density at radius 1 is 0.224 bits per heavy atom. The molecule has 0 saturated heterocycles. The van der Waals surface area contributed by atoms with Crippen LogP contribution in [-0.2, 0) is 16.2 Å². The van der Waals surface area contributed by atoms with Crippen LogP contribution in [0.15, 0.2) is 255 Å². The summed E-state index contributed by atoms with van der Waals surface area (Å²) in [5.41, 5.74) is 9.06. The van der Waals surface area contributed by atoms with Crippen LogP contribution in [0.5, 0.6) is 17.2 Å². The predicted molar refractivity (Wildman–Crippen MR) is 360 cm³/mol. The van der Waals surface area contributed by atoms with Gasteiger partial charge in [0.25, 0.3) is 0 Å². The minimum atomic E-state index is -2.26. The molecule has 85 heavy (non-hydrogen) atoms. The van der Waals surface area contributed by atoms with Crippen LogP contribution < -0.4 is 13.6 Å². The zero-order valence-corrected chi connectivity index (χ0v) is 52.2. The first-order valence-electron chi connectivity index (χ1n) is 32.5. The van der Waals surface area contributed by atoms with Crippen molar-refractivity contribution in [3.8, 4) is 17.2 Å². The fraction of sp³-hybridized carbons (Fsp3) is 0.333.